The zero-order valence-electron chi connectivity index (χ0n) is 6.88. The smallest absolute Gasteiger partial charge is 0.310 e. The van der Waals surface area contributed by atoms with Gasteiger partial charge < -0.3 is 5.11 Å². The molecule has 4 heteroatoms. The average molecular weight is 193 g/mol. The molecule has 1 N–H and O–H groups in total. The van der Waals surface area contributed by atoms with E-state index in [9.17, 15) is 9.59 Å². The van der Waals surface area contributed by atoms with Crippen molar-refractivity contribution in [3.8, 4) is 0 Å². The van der Waals surface area contributed by atoms with Crippen LogP contribution in [0.4, 0.5) is 0 Å². The second kappa shape index (κ2) is 7.10. The van der Waals surface area contributed by atoms with Crippen molar-refractivity contribution in [3.05, 3.63) is 0 Å². The largest absolute Gasteiger partial charge is 0.481 e. The van der Waals surface area contributed by atoms with Crippen LogP contribution in [-0.4, -0.2) is 22.7 Å². The maximum atomic E-state index is 10.8. The highest BCUT2D eigenvalue weighted by molar-refractivity contribution is 6.17. The molecule has 0 bridgehead atoms. The molecular formula is C8H13ClO3. The van der Waals surface area contributed by atoms with Crippen LogP contribution in [0, 0.1) is 0 Å². The topological polar surface area (TPSA) is 54.4 Å². The van der Waals surface area contributed by atoms with E-state index in [1.54, 1.807) is 0 Å². The summed E-state index contributed by atoms with van der Waals surface area (Å²) >= 11 is 5.42. The van der Waals surface area contributed by atoms with Crippen LogP contribution in [0.25, 0.3) is 0 Å². The van der Waals surface area contributed by atoms with Gasteiger partial charge in [-0.2, -0.15) is 0 Å². The van der Waals surface area contributed by atoms with Crippen LogP contribution in [0.2, 0.25) is 0 Å². The molecule has 0 rings (SSSR count). The van der Waals surface area contributed by atoms with E-state index in [-0.39, 0.29) is 12.2 Å². The number of carboxylic acids is 1. The summed E-state index contributed by atoms with van der Waals surface area (Å²) in [6, 6.07) is 0. The fraction of sp³-hybridized carbons (Fsp3) is 0.750. The third kappa shape index (κ3) is 7.54. The number of Topliss-reactive ketones (excluding diaryl/α,β-unsaturated/α-hetero) is 1. The molecule has 0 saturated carbocycles. The monoisotopic (exact) mass is 192 g/mol. The fourth-order valence-corrected chi connectivity index (χ4v) is 1.04. The van der Waals surface area contributed by atoms with Crippen molar-refractivity contribution in [1.82, 2.24) is 0 Å². The van der Waals surface area contributed by atoms with Gasteiger partial charge in [0.25, 0.3) is 0 Å². The summed E-state index contributed by atoms with van der Waals surface area (Å²) in [5, 5.41) is 8.24. The van der Waals surface area contributed by atoms with E-state index in [1.165, 1.54) is 0 Å². The lowest BCUT2D eigenvalue weighted by Crippen LogP contribution is -2.05. The van der Waals surface area contributed by atoms with Gasteiger partial charge in [-0.3, -0.25) is 9.59 Å². The summed E-state index contributed by atoms with van der Waals surface area (Å²) in [5.74, 6) is -0.637. The van der Waals surface area contributed by atoms with Gasteiger partial charge in [0.05, 0.1) is 0 Å². The van der Waals surface area contributed by atoms with Crippen LogP contribution in [0.15, 0.2) is 0 Å². The van der Waals surface area contributed by atoms with E-state index < -0.39 is 5.97 Å². The predicted octanol–water partition coefficient (Wildman–Crippen LogP) is 1.83. The van der Waals surface area contributed by atoms with Crippen LogP contribution in [0.1, 0.15) is 32.1 Å². The maximum absolute atomic E-state index is 10.8. The standard InChI is InChI=1S/C8H13ClO3/c9-5-3-1-2-4-7(10)6-8(11)12/h1-6H2,(H,11,12). The van der Waals surface area contributed by atoms with Crippen molar-refractivity contribution in [3.63, 3.8) is 0 Å². The molecule has 0 aromatic heterocycles. The molecule has 0 aromatic carbocycles. The minimum atomic E-state index is -1.04. The maximum Gasteiger partial charge on any atom is 0.310 e. The molecule has 12 heavy (non-hydrogen) atoms. The van der Waals surface area contributed by atoms with Gasteiger partial charge in [-0.15, -0.1) is 11.6 Å². The average Bonchev–Trinajstić information content (AvgIpc) is 1.97. The molecule has 0 aliphatic rings. The highest BCUT2D eigenvalue weighted by Crippen LogP contribution is 2.03. The van der Waals surface area contributed by atoms with Crippen molar-refractivity contribution >= 4 is 23.4 Å². The van der Waals surface area contributed by atoms with Crippen LogP contribution >= 0.6 is 11.6 Å². The van der Waals surface area contributed by atoms with Gasteiger partial charge in [0, 0.05) is 12.3 Å². The molecule has 0 aliphatic heterocycles. The molecule has 0 saturated heterocycles. The molecular weight excluding hydrogens is 180 g/mol. The van der Waals surface area contributed by atoms with E-state index in [2.05, 4.69) is 0 Å². The molecule has 0 radical (unpaired) electrons. The number of hydrogen-bond donors (Lipinski definition) is 1. The number of alkyl halides is 1. The molecule has 0 amide bonds. The number of aliphatic carboxylic acids is 1. The van der Waals surface area contributed by atoms with E-state index in [1.807, 2.05) is 0 Å². The van der Waals surface area contributed by atoms with Crippen molar-refractivity contribution in [2.75, 3.05) is 5.88 Å². The third-order valence-electron chi connectivity index (χ3n) is 1.44. The second-order valence-corrected chi connectivity index (χ2v) is 2.99. The predicted molar refractivity (Wildman–Crippen MR) is 46.4 cm³/mol. The number of carbonyl (C=O) groups excluding carboxylic acids is 1. The van der Waals surface area contributed by atoms with Gasteiger partial charge in [0.2, 0.25) is 0 Å². The summed E-state index contributed by atoms with van der Waals surface area (Å²) in [6.45, 7) is 0. The Labute approximate surface area is 76.7 Å². The Hall–Kier alpha value is -0.570. The summed E-state index contributed by atoms with van der Waals surface area (Å²) in [7, 11) is 0. The van der Waals surface area contributed by atoms with E-state index in [0.29, 0.717) is 12.3 Å². The number of rotatable bonds is 7. The van der Waals surface area contributed by atoms with Gasteiger partial charge in [0.15, 0.2) is 0 Å². The number of hydrogen-bond acceptors (Lipinski definition) is 2. The van der Waals surface area contributed by atoms with Crippen LogP contribution in [0.5, 0.6) is 0 Å². The molecule has 0 aliphatic carbocycles. The second-order valence-electron chi connectivity index (χ2n) is 2.61. The highest BCUT2D eigenvalue weighted by atomic mass is 35.5. The van der Waals surface area contributed by atoms with Crippen LogP contribution in [-0.2, 0) is 9.59 Å². The van der Waals surface area contributed by atoms with E-state index in [4.69, 9.17) is 16.7 Å². The third-order valence-corrected chi connectivity index (χ3v) is 1.70. The van der Waals surface area contributed by atoms with Gasteiger partial charge in [0.1, 0.15) is 12.2 Å². The van der Waals surface area contributed by atoms with Gasteiger partial charge >= 0.3 is 5.97 Å². The first kappa shape index (κ1) is 11.4. The van der Waals surface area contributed by atoms with Gasteiger partial charge in [-0.25, -0.2) is 0 Å². The first-order valence-corrected chi connectivity index (χ1v) is 4.49. The molecule has 0 spiro atoms. The lowest BCUT2D eigenvalue weighted by Gasteiger charge is -1.96. The Morgan fingerprint density at radius 3 is 2.33 bits per heavy atom. The van der Waals surface area contributed by atoms with E-state index in [0.717, 1.165) is 19.3 Å². The minimum absolute atomic E-state index is 0.197. The molecule has 3 nitrogen and oxygen atoms in total. The molecule has 70 valence electrons. The Morgan fingerprint density at radius 2 is 1.83 bits per heavy atom. The Kier molecular flexibility index (Phi) is 6.76. The van der Waals surface area contributed by atoms with Crippen LogP contribution in [0.3, 0.4) is 0 Å². The summed E-state index contributed by atoms with van der Waals surface area (Å²) in [5.41, 5.74) is 0. The first-order valence-electron chi connectivity index (χ1n) is 3.96. The summed E-state index contributed by atoms with van der Waals surface area (Å²) < 4.78 is 0. The molecule has 0 aromatic rings. The number of ketones is 1. The van der Waals surface area contributed by atoms with Gasteiger partial charge in [-0.1, -0.05) is 6.42 Å². The lowest BCUT2D eigenvalue weighted by atomic mass is 10.1. The van der Waals surface area contributed by atoms with Crippen LogP contribution < -0.4 is 0 Å². The summed E-state index contributed by atoms with van der Waals surface area (Å²) in [4.78, 5) is 20.9. The Balaban J connectivity index is 3.26. The zero-order chi connectivity index (χ0) is 9.40. The number of unbranched alkanes of at least 4 members (excludes halogenated alkanes) is 2. The Morgan fingerprint density at radius 1 is 1.17 bits per heavy atom. The van der Waals surface area contributed by atoms with Crippen molar-refractivity contribution in [2.24, 2.45) is 0 Å². The highest BCUT2D eigenvalue weighted by Gasteiger charge is 2.06. The van der Waals surface area contributed by atoms with Crippen molar-refractivity contribution in [1.29, 1.82) is 0 Å². The SMILES string of the molecule is O=C(O)CC(=O)CCCCCCl. The normalized spacial score (nSPS) is 9.75. The quantitative estimate of drug-likeness (QED) is 0.380. The molecule has 0 unspecified atom stereocenters. The number of carboxylic acid groups (broad SMARTS) is 1. The fourth-order valence-electron chi connectivity index (χ4n) is 0.850. The van der Waals surface area contributed by atoms with Crippen molar-refractivity contribution < 1.29 is 14.7 Å². The molecule has 0 atom stereocenters. The molecule has 0 heterocycles. The first-order chi connectivity index (χ1) is 5.66. The minimum Gasteiger partial charge on any atom is -0.481 e. The lowest BCUT2D eigenvalue weighted by molar-refractivity contribution is -0.140. The van der Waals surface area contributed by atoms with Crippen molar-refractivity contribution in [2.45, 2.75) is 32.1 Å². The number of carbonyl (C=O) groups is 2. The number of halogens is 1. The van der Waals surface area contributed by atoms with Gasteiger partial charge in [-0.05, 0) is 12.8 Å². The molecule has 0 fully saturated rings. The summed E-state index contributed by atoms with van der Waals surface area (Å²) in [6.07, 6.45) is 2.56. The van der Waals surface area contributed by atoms with E-state index >= 15 is 0 Å². The zero-order valence-corrected chi connectivity index (χ0v) is 7.64. The Bertz CT molecular complexity index is 156.